The van der Waals surface area contributed by atoms with E-state index in [1.165, 1.54) is 0 Å². The molecule has 0 fully saturated rings. The van der Waals surface area contributed by atoms with Crippen molar-refractivity contribution in [1.82, 2.24) is 15.2 Å². The highest BCUT2D eigenvalue weighted by atomic mass is 16.2. The van der Waals surface area contributed by atoms with E-state index in [0.717, 1.165) is 24.2 Å². The first kappa shape index (κ1) is 12.5. The van der Waals surface area contributed by atoms with Gasteiger partial charge in [-0.2, -0.15) is 0 Å². The first-order valence-corrected chi connectivity index (χ1v) is 5.61. The molecule has 1 rings (SSSR count). The van der Waals surface area contributed by atoms with E-state index in [-0.39, 0.29) is 6.03 Å². The van der Waals surface area contributed by atoms with Crippen LogP contribution in [0.3, 0.4) is 0 Å². The lowest BCUT2D eigenvalue weighted by molar-refractivity contribution is 0.203. The van der Waals surface area contributed by atoms with E-state index in [2.05, 4.69) is 10.3 Å². The number of nitrogens with one attached hydrogen (secondary N) is 1. The molecule has 0 bridgehead atoms. The summed E-state index contributed by atoms with van der Waals surface area (Å²) in [6.07, 6.45) is 3.55. The average Bonchev–Trinajstić information content (AvgIpc) is 2.29. The van der Waals surface area contributed by atoms with Gasteiger partial charge in [0, 0.05) is 32.0 Å². The Bertz CT molecular complexity index is 348. The van der Waals surface area contributed by atoms with E-state index >= 15 is 0 Å². The van der Waals surface area contributed by atoms with Gasteiger partial charge in [0.25, 0.3) is 0 Å². The predicted octanol–water partition coefficient (Wildman–Crippen LogP) is 1.94. The maximum Gasteiger partial charge on any atom is 0.317 e. The first-order chi connectivity index (χ1) is 7.69. The van der Waals surface area contributed by atoms with Gasteiger partial charge in [0.2, 0.25) is 0 Å². The number of carbonyl (C=O) groups excluding carboxylic acids is 1. The summed E-state index contributed by atoms with van der Waals surface area (Å²) in [6, 6.07) is 1.92. The van der Waals surface area contributed by atoms with Crippen LogP contribution in [0.15, 0.2) is 18.5 Å². The summed E-state index contributed by atoms with van der Waals surface area (Å²) in [7, 11) is 0. The second-order valence-corrected chi connectivity index (χ2v) is 3.63. The largest absolute Gasteiger partial charge is 0.334 e. The third kappa shape index (κ3) is 3.22. The number of aromatic nitrogens is 1. The highest BCUT2D eigenvalue weighted by Gasteiger charge is 2.08. The van der Waals surface area contributed by atoms with Gasteiger partial charge in [0.05, 0.1) is 0 Å². The third-order valence-corrected chi connectivity index (χ3v) is 2.62. The molecule has 4 nitrogen and oxygen atoms in total. The topological polar surface area (TPSA) is 45.2 Å². The number of carbonyl (C=O) groups is 1. The summed E-state index contributed by atoms with van der Waals surface area (Å²) < 4.78 is 0. The molecule has 1 heterocycles. The molecule has 2 amide bonds. The summed E-state index contributed by atoms with van der Waals surface area (Å²) in [4.78, 5) is 17.5. The van der Waals surface area contributed by atoms with Gasteiger partial charge in [-0.05, 0) is 38.0 Å². The molecule has 0 saturated heterocycles. The van der Waals surface area contributed by atoms with E-state index in [0.29, 0.717) is 6.54 Å². The van der Waals surface area contributed by atoms with Crippen LogP contribution in [-0.2, 0) is 6.54 Å². The van der Waals surface area contributed by atoms with Crippen LogP contribution >= 0.6 is 0 Å². The fourth-order valence-corrected chi connectivity index (χ4v) is 1.49. The Hall–Kier alpha value is -1.58. The minimum Gasteiger partial charge on any atom is -0.334 e. The van der Waals surface area contributed by atoms with Gasteiger partial charge in [-0.25, -0.2) is 4.79 Å². The Labute approximate surface area is 96.7 Å². The Morgan fingerprint density at radius 2 is 2.12 bits per heavy atom. The highest BCUT2D eigenvalue weighted by Crippen LogP contribution is 2.04. The second-order valence-electron chi connectivity index (χ2n) is 3.63. The normalized spacial score (nSPS) is 9.94. The smallest absolute Gasteiger partial charge is 0.317 e. The molecular weight excluding hydrogens is 202 g/mol. The molecule has 1 aromatic heterocycles. The van der Waals surface area contributed by atoms with Crippen molar-refractivity contribution in [3.63, 3.8) is 0 Å². The molecule has 0 aliphatic heterocycles. The summed E-state index contributed by atoms with van der Waals surface area (Å²) in [6.45, 7) is 7.96. The Morgan fingerprint density at radius 1 is 1.44 bits per heavy atom. The van der Waals surface area contributed by atoms with Crippen LogP contribution in [0.25, 0.3) is 0 Å². The lowest BCUT2D eigenvalue weighted by Gasteiger charge is -2.19. The standard InChI is InChI=1S/C12H19N3O/c1-4-15(5-2)12(16)14-9-11-6-7-13-8-10(11)3/h6-8H,4-5,9H2,1-3H3,(H,14,16). The molecule has 1 N–H and O–H groups in total. The van der Waals surface area contributed by atoms with Gasteiger partial charge in [-0.1, -0.05) is 0 Å². The number of aryl methyl sites for hydroxylation is 1. The van der Waals surface area contributed by atoms with Crippen LogP contribution < -0.4 is 5.32 Å². The molecule has 0 spiro atoms. The molecule has 0 radical (unpaired) electrons. The Kier molecular flexibility index (Phi) is 4.76. The number of rotatable bonds is 4. The second kappa shape index (κ2) is 6.10. The van der Waals surface area contributed by atoms with Gasteiger partial charge in [-0.15, -0.1) is 0 Å². The summed E-state index contributed by atoms with van der Waals surface area (Å²) in [5.74, 6) is 0. The zero-order valence-electron chi connectivity index (χ0n) is 10.2. The summed E-state index contributed by atoms with van der Waals surface area (Å²) in [5.41, 5.74) is 2.21. The molecule has 1 aromatic rings. The van der Waals surface area contributed by atoms with Crippen molar-refractivity contribution in [3.8, 4) is 0 Å². The predicted molar refractivity (Wildman–Crippen MR) is 64.1 cm³/mol. The van der Waals surface area contributed by atoms with Crippen molar-refractivity contribution >= 4 is 6.03 Å². The van der Waals surface area contributed by atoms with Crippen molar-refractivity contribution in [2.24, 2.45) is 0 Å². The molecule has 0 aromatic carbocycles. The number of urea groups is 1. The molecule has 0 unspecified atom stereocenters. The van der Waals surface area contributed by atoms with Crippen molar-refractivity contribution in [3.05, 3.63) is 29.6 Å². The van der Waals surface area contributed by atoms with Crippen molar-refractivity contribution in [2.75, 3.05) is 13.1 Å². The Morgan fingerprint density at radius 3 is 2.69 bits per heavy atom. The van der Waals surface area contributed by atoms with Crippen LogP contribution in [-0.4, -0.2) is 29.0 Å². The molecule has 4 heteroatoms. The summed E-state index contributed by atoms with van der Waals surface area (Å²) in [5, 5.41) is 2.90. The van der Waals surface area contributed by atoms with E-state index in [9.17, 15) is 4.79 Å². The molecule has 16 heavy (non-hydrogen) atoms. The van der Waals surface area contributed by atoms with Crippen LogP contribution in [0.5, 0.6) is 0 Å². The van der Waals surface area contributed by atoms with Gasteiger partial charge >= 0.3 is 6.03 Å². The molecular formula is C12H19N3O. The minimum atomic E-state index is -0.0128. The van der Waals surface area contributed by atoms with Gasteiger partial charge in [0.1, 0.15) is 0 Å². The fourth-order valence-electron chi connectivity index (χ4n) is 1.49. The number of nitrogens with zero attached hydrogens (tertiary/aromatic N) is 2. The highest BCUT2D eigenvalue weighted by molar-refractivity contribution is 5.74. The monoisotopic (exact) mass is 221 g/mol. The number of hydrogen-bond donors (Lipinski definition) is 1. The van der Waals surface area contributed by atoms with Crippen molar-refractivity contribution in [2.45, 2.75) is 27.3 Å². The molecule has 88 valence electrons. The minimum absolute atomic E-state index is 0.0128. The maximum atomic E-state index is 11.7. The van der Waals surface area contributed by atoms with E-state index < -0.39 is 0 Å². The van der Waals surface area contributed by atoms with E-state index in [1.54, 1.807) is 17.3 Å². The number of amides is 2. The maximum absolute atomic E-state index is 11.7. The molecule has 0 saturated carbocycles. The van der Waals surface area contributed by atoms with Crippen LogP contribution in [0, 0.1) is 6.92 Å². The van der Waals surface area contributed by atoms with E-state index in [4.69, 9.17) is 0 Å². The number of hydrogen-bond acceptors (Lipinski definition) is 2. The van der Waals surface area contributed by atoms with Gasteiger partial charge < -0.3 is 10.2 Å². The van der Waals surface area contributed by atoms with Crippen LogP contribution in [0.1, 0.15) is 25.0 Å². The van der Waals surface area contributed by atoms with E-state index in [1.807, 2.05) is 26.8 Å². The van der Waals surface area contributed by atoms with Gasteiger partial charge in [0.15, 0.2) is 0 Å². The van der Waals surface area contributed by atoms with Crippen LogP contribution in [0.4, 0.5) is 4.79 Å². The van der Waals surface area contributed by atoms with Gasteiger partial charge in [-0.3, -0.25) is 4.98 Å². The van der Waals surface area contributed by atoms with Crippen molar-refractivity contribution < 1.29 is 4.79 Å². The average molecular weight is 221 g/mol. The quantitative estimate of drug-likeness (QED) is 0.844. The fraction of sp³-hybridized carbons (Fsp3) is 0.500. The summed E-state index contributed by atoms with van der Waals surface area (Å²) >= 11 is 0. The lowest BCUT2D eigenvalue weighted by Crippen LogP contribution is -2.39. The van der Waals surface area contributed by atoms with Crippen molar-refractivity contribution in [1.29, 1.82) is 0 Å². The molecule has 0 aliphatic carbocycles. The van der Waals surface area contributed by atoms with Crippen LogP contribution in [0.2, 0.25) is 0 Å². The SMILES string of the molecule is CCN(CC)C(=O)NCc1ccncc1C. The number of pyridine rings is 1. The molecule has 0 aliphatic rings. The zero-order chi connectivity index (χ0) is 12.0. The Balaban J connectivity index is 2.52. The lowest BCUT2D eigenvalue weighted by atomic mass is 10.1. The zero-order valence-corrected chi connectivity index (χ0v) is 10.2. The molecule has 0 atom stereocenters. The third-order valence-electron chi connectivity index (χ3n) is 2.62. The first-order valence-electron chi connectivity index (χ1n) is 5.61.